The van der Waals surface area contributed by atoms with Crippen molar-refractivity contribution >= 4 is 0 Å². The molecule has 0 unspecified atom stereocenters. The minimum atomic E-state index is 0.0291. The molecule has 0 amide bonds. The van der Waals surface area contributed by atoms with E-state index in [0.717, 1.165) is 90.7 Å². The number of aromatic hydroxyl groups is 2. The molecule has 0 spiro atoms. The Morgan fingerprint density at radius 2 is 1.40 bits per heavy atom. The van der Waals surface area contributed by atoms with Crippen LogP contribution < -0.4 is 9.47 Å². The molecule has 2 aliphatic carbocycles. The number of benzene rings is 2. The summed E-state index contributed by atoms with van der Waals surface area (Å²) in [5.74, 6) is 4.54. The zero-order valence-corrected chi connectivity index (χ0v) is 31.4. The second-order valence-corrected chi connectivity index (χ2v) is 15.6. The Balaban J connectivity index is 1.62. The van der Waals surface area contributed by atoms with Gasteiger partial charge in [0.05, 0.1) is 0 Å². The normalized spacial score (nSPS) is 22.8. The van der Waals surface area contributed by atoms with Crippen LogP contribution >= 0.6 is 0 Å². The van der Waals surface area contributed by atoms with Crippen LogP contribution in [0.4, 0.5) is 0 Å². The number of hydrogen-bond donors (Lipinski definition) is 2. The molecule has 2 aliphatic rings. The van der Waals surface area contributed by atoms with E-state index in [-0.39, 0.29) is 17.8 Å². The molecule has 1 saturated carbocycles. The van der Waals surface area contributed by atoms with Gasteiger partial charge in [-0.3, -0.25) is 0 Å². The highest BCUT2D eigenvalue weighted by Gasteiger charge is 2.36. The van der Waals surface area contributed by atoms with Crippen LogP contribution in [0.25, 0.3) is 0 Å². The van der Waals surface area contributed by atoms with Crippen LogP contribution in [-0.2, 0) is 12.8 Å². The SMILES string of the molecule is C=C(C)[C@@H]1CCC(C)=C[C@H]1c1c(O)cc(CCCCC)cc1OCCOc1cc(CCCCC)cc(O)c1[C@@H]1C[C@@H](C)CC[C@H]1C(C)C. The molecule has 0 aliphatic heterocycles. The van der Waals surface area contributed by atoms with Crippen LogP contribution in [0, 0.1) is 23.7 Å². The zero-order chi connectivity index (χ0) is 34.8. The van der Waals surface area contributed by atoms with Crippen molar-refractivity contribution in [1.82, 2.24) is 0 Å². The summed E-state index contributed by atoms with van der Waals surface area (Å²) in [5, 5.41) is 23.1. The van der Waals surface area contributed by atoms with Gasteiger partial charge in [-0.2, -0.15) is 0 Å². The first-order valence-electron chi connectivity index (χ1n) is 19.3. The van der Waals surface area contributed by atoms with Crippen molar-refractivity contribution in [3.8, 4) is 23.0 Å². The van der Waals surface area contributed by atoms with Crippen molar-refractivity contribution in [2.75, 3.05) is 13.2 Å². The summed E-state index contributed by atoms with van der Waals surface area (Å²) < 4.78 is 13.2. The van der Waals surface area contributed by atoms with Gasteiger partial charge in [-0.25, -0.2) is 0 Å². The van der Waals surface area contributed by atoms with E-state index in [1.165, 1.54) is 37.7 Å². The third-order valence-corrected chi connectivity index (χ3v) is 11.2. The van der Waals surface area contributed by atoms with Crippen LogP contribution in [0.5, 0.6) is 23.0 Å². The number of unbranched alkanes of at least 4 members (excludes halogenated alkanes) is 4. The van der Waals surface area contributed by atoms with Gasteiger partial charge in [-0.15, -0.1) is 0 Å². The fourth-order valence-electron chi connectivity index (χ4n) is 8.47. The largest absolute Gasteiger partial charge is 0.508 e. The fourth-order valence-corrected chi connectivity index (χ4v) is 8.47. The van der Waals surface area contributed by atoms with Crippen molar-refractivity contribution in [3.05, 3.63) is 70.3 Å². The lowest BCUT2D eigenvalue weighted by Crippen LogP contribution is -2.27. The summed E-state index contributed by atoms with van der Waals surface area (Å²) in [5.41, 5.74) is 6.61. The Hall–Kier alpha value is -2.88. The molecule has 0 radical (unpaired) electrons. The average Bonchev–Trinajstić information content (AvgIpc) is 3.02. The summed E-state index contributed by atoms with van der Waals surface area (Å²) in [6.45, 7) is 20.8. The molecular weight excluding hydrogens is 592 g/mol. The smallest absolute Gasteiger partial charge is 0.127 e. The maximum Gasteiger partial charge on any atom is 0.127 e. The molecular formula is C44H66O4. The lowest BCUT2D eigenvalue weighted by molar-refractivity contribution is 0.182. The van der Waals surface area contributed by atoms with Gasteiger partial charge in [-0.1, -0.05) is 90.5 Å². The Kier molecular flexibility index (Phi) is 14.4. The van der Waals surface area contributed by atoms with Gasteiger partial charge in [0.1, 0.15) is 36.2 Å². The number of hydrogen-bond acceptors (Lipinski definition) is 4. The van der Waals surface area contributed by atoms with E-state index in [1.807, 2.05) is 12.1 Å². The number of rotatable bonds is 17. The first-order chi connectivity index (χ1) is 23.0. The van der Waals surface area contributed by atoms with Gasteiger partial charge in [0, 0.05) is 17.0 Å². The second kappa shape index (κ2) is 18.2. The van der Waals surface area contributed by atoms with E-state index in [2.05, 4.69) is 73.3 Å². The molecule has 2 aromatic rings. The number of phenolic OH excluding ortho intramolecular Hbond substituents is 2. The highest BCUT2D eigenvalue weighted by molar-refractivity contribution is 5.53. The van der Waals surface area contributed by atoms with Crippen LogP contribution in [0.15, 0.2) is 48.1 Å². The first kappa shape index (κ1) is 37.9. The zero-order valence-electron chi connectivity index (χ0n) is 31.4. The quantitative estimate of drug-likeness (QED) is 0.131. The fraction of sp³-hybridized carbons (Fsp3) is 0.636. The topological polar surface area (TPSA) is 58.9 Å². The molecule has 0 saturated heterocycles. The van der Waals surface area contributed by atoms with Crippen molar-refractivity contribution in [2.24, 2.45) is 23.7 Å². The van der Waals surface area contributed by atoms with E-state index >= 15 is 0 Å². The lowest BCUT2D eigenvalue weighted by Gasteiger charge is -2.38. The van der Waals surface area contributed by atoms with E-state index < -0.39 is 0 Å². The molecule has 4 heteroatoms. The van der Waals surface area contributed by atoms with E-state index in [0.29, 0.717) is 42.5 Å². The number of aryl methyl sites for hydroxylation is 2. The Labute approximate surface area is 293 Å². The lowest BCUT2D eigenvalue weighted by atomic mass is 9.67. The molecule has 0 heterocycles. The van der Waals surface area contributed by atoms with Gasteiger partial charge < -0.3 is 19.7 Å². The van der Waals surface area contributed by atoms with Gasteiger partial charge in [-0.05, 0) is 130 Å². The Morgan fingerprint density at radius 1 is 0.833 bits per heavy atom. The maximum atomic E-state index is 11.6. The highest BCUT2D eigenvalue weighted by atomic mass is 16.5. The summed E-state index contributed by atoms with van der Waals surface area (Å²) in [6.07, 6.45) is 16.6. The first-order valence-corrected chi connectivity index (χ1v) is 19.3. The second-order valence-electron chi connectivity index (χ2n) is 15.6. The molecule has 4 nitrogen and oxygen atoms in total. The predicted molar refractivity (Wildman–Crippen MR) is 202 cm³/mol. The summed E-state index contributed by atoms with van der Waals surface area (Å²) in [7, 11) is 0. The Bertz CT molecular complexity index is 1370. The minimum absolute atomic E-state index is 0.0291. The van der Waals surface area contributed by atoms with Gasteiger partial charge in [0.2, 0.25) is 0 Å². The maximum absolute atomic E-state index is 11.6. The van der Waals surface area contributed by atoms with Gasteiger partial charge >= 0.3 is 0 Å². The third-order valence-electron chi connectivity index (χ3n) is 11.2. The molecule has 2 N–H and O–H groups in total. The molecule has 48 heavy (non-hydrogen) atoms. The standard InChI is InChI=1S/C44H66O4/c1-9-11-13-15-33-25-39(45)43(37-23-31(7)17-19-35(37)29(3)4)41(27-33)47-21-22-48-42-28-34(16-14-12-10-2)26-40(46)44(42)38-24-32(8)18-20-36(38)30(5)6/h23,25-28,30,32,35-38,45-46H,3,9-22,24H2,1-2,4-8H3/t32-,35-,36-,37+,38+/m0/s1. The van der Waals surface area contributed by atoms with Crippen LogP contribution in [0.2, 0.25) is 0 Å². The van der Waals surface area contributed by atoms with Crippen LogP contribution in [-0.4, -0.2) is 23.4 Å². The number of ether oxygens (including phenoxy) is 2. The van der Waals surface area contributed by atoms with Crippen molar-refractivity contribution < 1.29 is 19.7 Å². The third kappa shape index (κ3) is 9.85. The van der Waals surface area contributed by atoms with Crippen molar-refractivity contribution in [1.29, 1.82) is 0 Å². The summed E-state index contributed by atoms with van der Waals surface area (Å²) in [4.78, 5) is 0. The van der Waals surface area contributed by atoms with Crippen molar-refractivity contribution in [3.63, 3.8) is 0 Å². The number of allylic oxidation sites excluding steroid dienone is 3. The number of phenols is 2. The summed E-state index contributed by atoms with van der Waals surface area (Å²) in [6, 6.07) is 8.30. The van der Waals surface area contributed by atoms with E-state index in [9.17, 15) is 10.2 Å². The molecule has 4 rings (SSSR count). The summed E-state index contributed by atoms with van der Waals surface area (Å²) >= 11 is 0. The molecule has 2 aromatic carbocycles. The highest BCUT2D eigenvalue weighted by Crippen LogP contribution is 2.50. The Morgan fingerprint density at radius 3 is 1.94 bits per heavy atom. The average molecular weight is 659 g/mol. The predicted octanol–water partition coefficient (Wildman–Crippen LogP) is 12.2. The molecule has 0 aromatic heterocycles. The molecule has 0 bridgehead atoms. The van der Waals surface area contributed by atoms with Crippen LogP contribution in [0.1, 0.15) is 153 Å². The van der Waals surface area contributed by atoms with Gasteiger partial charge in [0.25, 0.3) is 0 Å². The van der Waals surface area contributed by atoms with Gasteiger partial charge in [0.15, 0.2) is 0 Å². The van der Waals surface area contributed by atoms with E-state index in [1.54, 1.807) is 0 Å². The monoisotopic (exact) mass is 658 g/mol. The molecule has 266 valence electrons. The molecule has 5 atom stereocenters. The molecule has 1 fully saturated rings. The van der Waals surface area contributed by atoms with Crippen LogP contribution in [0.3, 0.4) is 0 Å². The van der Waals surface area contributed by atoms with E-state index in [4.69, 9.17) is 9.47 Å². The minimum Gasteiger partial charge on any atom is -0.508 e. The van der Waals surface area contributed by atoms with Crippen molar-refractivity contribution in [2.45, 2.75) is 144 Å².